The summed E-state index contributed by atoms with van der Waals surface area (Å²) >= 11 is 0. The molecule has 1 atom stereocenters. The molecule has 0 amide bonds. The molecule has 0 heterocycles. The third-order valence-corrected chi connectivity index (χ3v) is 4.52. The fraction of sp³-hybridized carbons (Fsp3) is 0.833. The van der Waals surface area contributed by atoms with E-state index in [1.54, 1.807) is 0 Å². The van der Waals surface area contributed by atoms with Crippen LogP contribution < -0.4 is 0 Å². The van der Waals surface area contributed by atoms with Gasteiger partial charge in [-0.2, -0.15) is 4.89 Å². The zero-order valence-corrected chi connectivity index (χ0v) is 18.9. The maximum absolute atomic E-state index is 10.9. The van der Waals surface area contributed by atoms with Crippen LogP contribution in [0.15, 0.2) is 12.2 Å². The van der Waals surface area contributed by atoms with Crippen LogP contribution in [0.1, 0.15) is 96.8 Å². The Kier molecular flexibility index (Phi) is 23.6. The van der Waals surface area contributed by atoms with Crippen molar-refractivity contribution < 1.29 is 55.1 Å². The molecule has 0 rings (SSSR count). The van der Waals surface area contributed by atoms with Crippen molar-refractivity contribution in [2.45, 2.75) is 96.8 Å². The zero-order chi connectivity index (χ0) is 16.5. The van der Waals surface area contributed by atoms with Crippen molar-refractivity contribution in [3.05, 3.63) is 12.2 Å². The van der Waals surface area contributed by atoms with E-state index in [0.29, 0.717) is 0 Å². The third-order valence-electron chi connectivity index (χ3n) is 3.87. The van der Waals surface area contributed by atoms with E-state index in [4.69, 9.17) is 4.89 Å². The van der Waals surface area contributed by atoms with Crippen molar-refractivity contribution in [3.8, 4) is 0 Å². The molecule has 0 aliphatic carbocycles. The summed E-state index contributed by atoms with van der Waals surface area (Å²) in [5.41, 5.74) is -0.507. The number of hydrogen-bond donors (Lipinski definition) is 1. The van der Waals surface area contributed by atoms with Crippen molar-refractivity contribution >= 4 is 13.6 Å². The van der Waals surface area contributed by atoms with E-state index in [0.717, 1.165) is 25.7 Å². The van der Waals surface area contributed by atoms with Gasteiger partial charge in [0.1, 0.15) is 0 Å². The Labute approximate surface area is 176 Å². The molecule has 1 N–H and O–H groups in total. The van der Waals surface area contributed by atoms with Gasteiger partial charge in [-0.25, -0.2) is 4.79 Å². The van der Waals surface area contributed by atoms with Gasteiger partial charge in [0.2, 0.25) is 0 Å². The molecule has 1 unspecified atom stereocenters. The number of carbonyl (C=O) groups is 1. The minimum absolute atomic E-state index is 0. The van der Waals surface area contributed by atoms with E-state index < -0.39 is 13.6 Å². The molecule has 0 saturated carbocycles. The molecule has 0 radical (unpaired) electrons. The summed E-state index contributed by atoms with van der Waals surface area (Å²) in [6.45, 7) is 2.25. The monoisotopic (exact) mass is 471 g/mol. The summed E-state index contributed by atoms with van der Waals surface area (Å²) in [6, 6.07) is 0. The van der Waals surface area contributed by atoms with Gasteiger partial charge in [-0.05, 0) is 36.7 Å². The van der Waals surface area contributed by atoms with E-state index in [1.807, 2.05) is 0 Å². The molecule has 0 bridgehead atoms. The number of rotatable bonds is 16. The van der Waals surface area contributed by atoms with Crippen molar-refractivity contribution in [2.75, 3.05) is 0 Å². The summed E-state index contributed by atoms with van der Waals surface area (Å²) in [6.07, 6.45) is 20.6. The first-order valence-corrected chi connectivity index (χ1v) is 10.2. The van der Waals surface area contributed by atoms with Gasteiger partial charge in [0.25, 0.3) is 0 Å². The van der Waals surface area contributed by atoms with Crippen LogP contribution in [0.2, 0.25) is 0 Å². The Balaban J connectivity index is 0. The van der Waals surface area contributed by atoms with Gasteiger partial charge in [-0.3, -0.25) is 0 Å². The van der Waals surface area contributed by atoms with Crippen LogP contribution in [0.25, 0.3) is 0 Å². The Morgan fingerprint density at radius 2 is 1.26 bits per heavy atom. The Hall–Kier alpha value is 0.821. The van der Waals surface area contributed by atoms with E-state index >= 15 is 0 Å². The van der Waals surface area contributed by atoms with Gasteiger partial charge in [0.15, 0.2) is 0 Å². The number of carbonyl (C=O) groups excluding carboxylic acids is 1. The minimum atomic E-state index is -2.60. The standard InChI is InChI=1S/C18H33O3P.Nd/c1-2-3-4-5-6-7-8-9-10-11-12-13-14-15-16-17-18(19)22(20)21;/h9-10H,2-8,11-17H2,1H3;/p+1. The Morgan fingerprint density at radius 3 is 1.74 bits per heavy atom. The second-order valence-electron chi connectivity index (χ2n) is 6.00. The summed E-state index contributed by atoms with van der Waals surface area (Å²) < 4.78 is 10.5. The molecule has 3 nitrogen and oxygen atoms in total. The van der Waals surface area contributed by atoms with Gasteiger partial charge >= 0.3 is 13.6 Å². The quantitative estimate of drug-likeness (QED) is 0.163. The summed E-state index contributed by atoms with van der Waals surface area (Å²) in [5.74, 6) is 0. The van der Waals surface area contributed by atoms with E-state index in [1.165, 1.54) is 57.8 Å². The smallest absolute Gasteiger partial charge is 0.237 e. The molecule has 23 heavy (non-hydrogen) atoms. The molecule has 0 aromatic heterocycles. The average Bonchev–Trinajstić information content (AvgIpc) is 2.50. The number of hydrogen-bond acceptors (Lipinski definition) is 2. The molecular weight excluding hydrogens is 439 g/mol. The van der Waals surface area contributed by atoms with Gasteiger partial charge in [-0.1, -0.05) is 70.4 Å². The maximum atomic E-state index is 10.9. The molecule has 5 heteroatoms. The summed E-state index contributed by atoms with van der Waals surface area (Å²) in [4.78, 5) is 19.5. The van der Waals surface area contributed by atoms with Gasteiger partial charge in [0.05, 0.1) is 6.42 Å². The van der Waals surface area contributed by atoms with Crippen LogP contribution >= 0.6 is 8.03 Å². The summed E-state index contributed by atoms with van der Waals surface area (Å²) in [7, 11) is -2.60. The van der Waals surface area contributed by atoms with Crippen molar-refractivity contribution in [2.24, 2.45) is 0 Å². The molecule has 0 aliphatic rings. The molecular formula is C18H34NdO3P+. The molecule has 0 saturated heterocycles. The van der Waals surface area contributed by atoms with E-state index in [-0.39, 0.29) is 47.3 Å². The summed E-state index contributed by atoms with van der Waals surface area (Å²) in [5, 5.41) is 0. The molecule has 0 fully saturated rings. The number of unbranched alkanes of at least 4 members (excludes halogenated alkanes) is 11. The predicted molar refractivity (Wildman–Crippen MR) is 94.3 cm³/mol. The first kappa shape index (κ1) is 26.1. The van der Waals surface area contributed by atoms with Crippen LogP contribution in [-0.4, -0.2) is 10.4 Å². The fourth-order valence-electron chi connectivity index (χ4n) is 2.44. The van der Waals surface area contributed by atoms with Crippen molar-refractivity contribution in [1.29, 1.82) is 0 Å². The van der Waals surface area contributed by atoms with Crippen LogP contribution in [0.4, 0.5) is 0 Å². The van der Waals surface area contributed by atoms with Crippen molar-refractivity contribution in [1.82, 2.24) is 0 Å². The molecule has 0 spiro atoms. The van der Waals surface area contributed by atoms with E-state index in [2.05, 4.69) is 19.1 Å². The van der Waals surface area contributed by atoms with Gasteiger partial charge < -0.3 is 0 Å². The van der Waals surface area contributed by atoms with Gasteiger partial charge in [0, 0.05) is 40.8 Å². The number of allylic oxidation sites excluding steroid dienone is 2. The third kappa shape index (κ3) is 20.8. The topological polar surface area (TPSA) is 54.4 Å². The fourth-order valence-corrected chi connectivity index (χ4v) is 2.79. The minimum Gasteiger partial charge on any atom is -0.237 e. The van der Waals surface area contributed by atoms with Crippen LogP contribution in [-0.2, 0) is 9.36 Å². The van der Waals surface area contributed by atoms with Crippen LogP contribution in [0.3, 0.4) is 0 Å². The largest absolute Gasteiger partial charge is 0.584 e. The molecule has 132 valence electrons. The van der Waals surface area contributed by atoms with Gasteiger partial charge in [-0.15, -0.1) is 0 Å². The SMILES string of the molecule is CCCCCCCCC=CCCCCCCCC(=O)[P+](=O)O.[Nd]. The predicted octanol–water partition coefficient (Wildman–Crippen LogP) is 6.29. The Morgan fingerprint density at radius 1 is 0.826 bits per heavy atom. The molecule has 0 aliphatic heterocycles. The molecule has 0 aromatic rings. The first-order chi connectivity index (χ1) is 10.7. The average molecular weight is 474 g/mol. The second-order valence-corrected chi connectivity index (χ2v) is 7.05. The van der Waals surface area contributed by atoms with Crippen LogP contribution in [0, 0.1) is 40.8 Å². The Bertz CT molecular complexity index is 319. The zero-order valence-electron chi connectivity index (χ0n) is 14.8. The maximum Gasteiger partial charge on any atom is 0.584 e. The normalized spacial score (nSPS) is 11.5. The van der Waals surface area contributed by atoms with Crippen molar-refractivity contribution in [3.63, 3.8) is 0 Å². The molecule has 0 aromatic carbocycles. The first-order valence-electron chi connectivity index (χ1n) is 9.02. The van der Waals surface area contributed by atoms with E-state index in [9.17, 15) is 9.36 Å². The van der Waals surface area contributed by atoms with Crippen LogP contribution in [0.5, 0.6) is 0 Å². The second kappa shape index (κ2) is 20.9.